The first-order valence-corrected chi connectivity index (χ1v) is 18.0. The summed E-state index contributed by atoms with van der Waals surface area (Å²) in [6, 6.07) is 7.73. The number of unbranched alkanes of at least 4 members (excludes halogenated alkanes) is 14. The fraction of sp³-hybridized carbons (Fsp3) is 0.684. The Balaban J connectivity index is 0.00000529. The van der Waals surface area contributed by atoms with Crippen LogP contribution < -0.4 is 57.1 Å². The first kappa shape index (κ1) is 42.7. The minimum Gasteiger partial charge on any atom is -1.00 e. The Morgan fingerprint density at radius 1 is 0.609 bits per heavy atom. The number of carbonyl (C=O) groups is 2. The fourth-order valence-corrected chi connectivity index (χ4v) is 6.65. The average Bonchev–Trinajstić information content (AvgIpc) is 3.03. The van der Waals surface area contributed by atoms with Crippen molar-refractivity contribution in [3.63, 3.8) is 0 Å². The summed E-state index contributed by atoms with van der Waals surface area (Å²) in [5, 5.41) is 0. The van der Waals surface area contributed by atoms with Crippen LogP contribution in [0.5, 0.6) is 0 Å². The second kappa shape index (κ2) is 24.8. The van der Waals surface area contributed by atoms with Crippen molar-refractivity contribution in [2.75, 3.05) is 13.1 Å². The third-order valence-corrected chi connectivity index (χ3v) is 9.19. The van der Waals surface area contributed by atoms with Crippen LogP contribution in [-0.2, 0) is 13.1 Å². The first-order valence-electron chi connectivity index (χ1n) is 18.0. The minimum absolute atomic E-state index is 0. The molecule has 46 heavy (non-hydrogen) atoms. The van der Waals surface area contributed by atoms with Crippen molar-refractivity contribution in [3.8, 4) is 0 Å². The predicted octanol–water partition coefficient (Wildman–Crippen LogP) is 1.93. The molecule has 2 aromatic rings. The van der Waals surface area contributed by atoms with Gasteiger partial charge in [-0.15, -0.1) is 0 Å². The molecule has 1 aliphatic heterocycles. The molecule has 6 nitrogen and oxygen atoms in total. The Labute approximate surface area is 315 Å². The van der Waals surface area contributed by atoms with E-state index in [2.05, 4.69) is 49.2 Å². The van der Waals surface area contributed by atoms with E-state index in [4.69, 9.17) is 0 Å². The molecule has 1 fully saturated rings. The van der Waals surface area contributed by atoms with Gasteiger partial charge in [0.25, 0.3) is 11.8 Å². The number of aromatic nitrogens is 2. The highest BCUT2D eigenvalue weighted by Crippen LogP contribution is 2.20. The van der Waals surface area contributed by atoms with Crippen LogP contribution in [0.4, 0.5) is 0 Å². The van der Waals surface area contributed by atoms with Crippen molar-refractivity contribution in [2.24, 2.45) is 0 Å². The monoisotopic (exact) mass is 860 g/mol. The number of hydrogen-bond acceptors (Lipinski definition) is 2. The second-order valence-corrected chi connectivity index (χ2v) is 13.2. The first-order chi connectivity index (χ1) is 21.4. The summed E-state index contributed by atoms with van der Waals surface area (Å²) in [6.07, 6.45) is 28.9. The zero-order valence-electron chi connectivity index (χ0n) is 29.3. The van der Waals surface area contributed by atoms with Gasteiger partial charge in [-0.1, -0.05) is 90.9 Å². The minimum atomic E-state index is -0.0512. The fourth-order valence-electron chi connectivity index (χ4n) is 6.65. The van der Waals surface area contributed by atoms with Crippen LogP contribution in [-0.4, -0.2) is 46.8 Å². The molecule has 3 heterocycles. The molecule has 2 aromatic heterocycles. The highest BCUT2D eigenvalue weighted by Gasteiger charge is 2.36. The molecule has 0 N–H and O–H groups in total. The van der Waals surface area contributed by atoms with Crippen LogP contribution in [0.3, 0.4) is 0 Å². The normalized spacial score (nSPS) is 16.1. The van der Waals surface area contributed by atoms with Crippen molar-refractivity contribution in [1.82, 2.24) is 9.80 Å². The van der Waals surface area contributed by atoms with Crippen molar-refractivity contribution in [1.29, 1.82) is 0 Å². The van der Waals surface area contributed by atoms with Crippen molar-refractivity contribution in [3.05, 3.63) is 60.2 Å². The van der Waals surface area contributed by atoms with Gasteiger partial charge in [0.1, 0.15) is 24.2 Å². The van der Waals surface area contributed by atoms with Gasteiger partial charge in [0.15, 0.2) is 24.8 Å². The zero-order valence-corrected chi connectivity index (χ0v) is 33.6. The second-order valence-electron chi connectivity index (χ2n) is 13.2. The van der Waals surface area contributed by atoms with E-state index in [-0.39, 0.29) is 71.9 Å². The van der Waals surface area contributed by atoms with E-state index in [9.17, 15) is 9.59 Å². The lowest BCUT2D eigenvalue weighted by molar-refractivity contribution is -0.697. The van der Waals surface area contributed by atoms with Gasteiger partial charge in [-0.2, -0.15) is 0 Å². The standard InChI is InChI=1S/C38H62N4O2.2HI/c1-5-7-9-11-13-15-17-19-25-39-27-21-23-35(31-39)37(43)41-29-33(3)42(34(4)30-41)38(44)36-24-22-28-40(32-36)26-20-18-16-14-12-10-8-6-2;;/h21-24,27-28,31-34H,5-20,25-26,29-30H2,1-4H3;2*1H/q+2;;/p-2. The molecule has 0 aliphatic carbocycles. The maximum atomic E-state index is 13.7. The van der Waals surface area contributed by atoms with Gasteiger partial charge < -0.3 is 57.8 Å². The zero-order chi connectivity index (χ0) is 31.6. The van der Waals surface area contributed by atoms with E-state index >= 15 is 0 Å². The Hall–Kier alpha value is -1.30. The molecule has 1 saturated heterocycles. The third kappa shape index (κ3) is 14.9. The number of aryl methyl sites for hydroxylation is 2. The van der Waals surface area contributed by atoms with Crippen molar-refractivity contribution in [2.45, 2.75) is 156 Å². The molecule has 0 aromatic carbocycles. The largest absolute Gasteiger partial charge is 1.00 e. The summed E-state index contributed by atoms with van der Waals surface area (Å²) in [7, 11) is 0. The maximum Gasteiger partial charge on any atom is 0.260 e. The van der Waals surface area contributed by atoms with E-state index in [1.807, 2.05) is 46.5 Å². The van der Waals surface area contributed by atoms with Crippen molar-refractivity contribution < 1.29 is 66.7 Å². The molecule has 3 rings (SSSR count). The highest BCUT2D eigenvalue weighted by molar-refractivity contribution is 5.95. The molecule has 2 atom stereocenters. The average molecular weight is 861 g/mol. The van der Waals surface area contributed by atoms with Gasteiger partial charge in [-0.05, 0) is 38.8 Å². The molecule has 0 saturated carbocycles. The van der Waals surface area contributed by atoms with Gasteiger partial charge in [0.05, 0.1) is 0 Å². The smallest absolute Gasteiger partial charge is 0.260 e. The van der Waals surface area contributed by atoms with Gasteiger partial charge in [0, 0.05) is 50.1 Å². The predicted molar refractivity (Wildman–Crippen MR) is 179 cm³/mol. The number of piperazine rings is 1. The quantitative estimate of drug-likeness (QED) is 0.116. The van der Waals surface area contributed by atoms with E-state index in [1.165, 1.54) is 89.9 Å². The molecule has 8 heteroatoms. The number of nitrogens with zero attached hydrogens (tertiary/aromatic N) is 4. The Bertz CT molecular complexity index is 1120. The summed E-state index contributed by atoms with van der Waals surface area (Å²) in [4.78, 5) is 31.2. The van der Waals surface area contributed by atoms with E-state index in [1.54, 1.807) is 0 Å². The lowest BCUT2D eigenvalue weighted by Crippen LogP contribution is -3.00. The van der Waals surface area contributed by atoms with Crippen LogP contribution in [0.25, 0.3) is 0 Å². The number of pyridine rings is 2. The molecular formula is C38H62I2N4O2. The Morgan fingerprint density at radius 2 is 0.978 bits per heavy atom. The van der Waals surface area contributed by atoms with Crippen LogP contribution in [0.2, 0.25) is 0 Å². The molecule has 2 amide bonds. The van der Waals surface area contributed by atoms with Crippen molar-refractivity contribution >= 4 is 11.8 Å². The van der Waals surface area contributed by atoms with Crippen LogP contribution in [0, 0.1) is 0 Å². The van der Waals surface area contributed by atoms with Gasteiger partial charge in [-0.25, -0.2) is 9.13 Å². The summed E-state index contributed by atoms with van der Waals surface area (Å²) in [6.45, 7) is 11.6. The number of carbonyl (C=O) groups excluding carboxylic acids is 2. The summed E-state index contributed by atoms with van der Waals surface area (Å²) in [5.74, 6) is 0.120. The van der Waals surface area contributed by atoms with Gasteiger partial charge in [0.2, 0.25) is 0 Å². The van der Waals surface area contributed by atoms with E-state index in [0.717, 1.165) is 37.1 Å². The molecule has 2 unspecified atom stereocenters. The van der Waals surface area contributed by atoms with Crippen LogP contribution >= 0.6 is 0 Å². The molecule has 0 radical (unpaired) electrons. The molecule has 260 valence electrons. The summed E-state index contributed by atoms with van der Waals surface area (Å²) < 4.78 is 4.33. The summed E-state index contributed by atoms with van der Waals surface area (Å²) >= 11 is 0. The number of hydrogen-bond donors (Lipinski definition) is 0. The van der Waals surface area contributed by atoms with Crippen LogP contribution in [0.15, 0.2) is 49.1 Å². The van der Waals surface area contributed by atoms with Crippen LogP contribution in [0.1, 0.15) is 151 Å². The number of halogens is 2. The number of amides is 2. The molecule has 0 spiro atoms. The molecule has 1 aliphatic rings. The maximum absolute atomic E-state index is 13.7. The lowest BCUT2D eigenvalue weighted by Gasteiger charge is -2.44. The molecule has 0 bridgehead atoms. The number of rotatable bonds is 20. The lowest BCUT2D eigenvalue weighted by atomic mass is 10.0. The van der Waals surface area contributed by atoms with E-state index < -0.39 is 0 Å². The molecular weight excluding hydrogens is 798 g/mol. The van der Waals surface area contributed by atoms with E-state index in [0.29, 0.717) is 13.1 Å². The third-order valence-electron chi connectivity index (χ3n) is 9.19. The Kier molecular flexibility index (Phi) is 23.0. The SMILES string of the molecule is CCCCCCCCCC[n+]1cccc(C(=O)N2CC(C)N(C(=O)c3ccc[n+](CCCCCCCCCC)c3)C(C)C2)c1.[I-].[I-]. The topological polar surface area (TPSA) is 48.4 Å². The summed E-state index contributed by atoms with van der Waals surface area (Å²) in [5.41, 5.74) is 1.46. The van der Waals surface area contributed by atoms with Gasteiger partial charge in [-0.3, -0.25) is 9.59 Å². The highest BCUT2D eigenvalue weighted by atomic mass is 127. The Morgan fingerprint density at radius 3 is 1.39 bits per heavy atom. The van der Waals surface area contributed by atoms with Gasteiger partial charge >= 0.3 is 0 Å².